The van der Waals surface area contributed by atoms with E-state index >= 15 is 0 Å². The van der Waals surface area contributed by atoms with Gasteiger partial charge in [0.1, 0.15) is 0 Å². The van der Waals surface area contributed by atoms with Crippen LogP contribution in [0, 0.1) is 11.8 Å². The molecule has 2 N–H and O–H groups in total. The van der Waals surface area contributed by atoms with Crippen LogP contribution in [-0.4, -0.2) is 30.6 Å². The summed E-state index contributed by atoms with van der Waals surface area (Å²) in [5.74, 6) is 1.67. The van der Waals surface area contributed by atoms with Crippen LogP contribution in [0.1, 0.15) is 40.0 Å². The molecule has 0 saturated heterocycles. The summed E-state index contributed by atoms with van der Waals surface area (Å²) in [6, 6.07) is 1.04. The van der Waals surface area contributed by atoms with Crippen LogP contribution < -0.4 is 5.73 Å². The Hall–Kier alpha value is -0.0800. The third-order valence-electron chi connectivity index (χ3n) is 3.57. The van der Waals surface area contributed by atoms with E-state index in [1.54, 1.807) is 0 Å². The quantitative estimate of drug-likeness (QED) is 0.752. The average molecular weight is 198 g/mol. The summed E-state index contributed by atoms with van der Waals surface area (Å²) in [5, 5.41) is 0. The first kappa shape index (κ1) is 12.0. The lowest BCUT2D eigenvalue weighted by atomic mass is 9.78. The minimum Gasteiger partial charge on any atom is -0.327 e. The fourth-order valence-electron chi connectivity index (χ4n) is 3.11. The first-order chi connectivity index (χ1) is 6.52. The molecule has 0 aromatic carbocycles. The highest BCUT2D eigenvalue weighted by Crippen LogP contribution is 2.31. The highest BCUT2D eigenvalue weighted by molar-refractivity contribution is 4.85. The Morgan fingerprint density at radius 1 is 1.29 bits per heavy atom. The van der Waals surface area contributed by atoms with Crippen LogP contribution in [0.2, 0.25) is 0 Å². The maximum Gasteiger partial charge on any atom is 0.0144 e. The van der Waals surface area contributed by atoms with Crippen LogP contribution >= 0.6 is 0 Å². The summed E-state index contributed by atoms with van der Waals surface area (Å²) in [4.78, 5) is 2.47. The van der Waals surface area contributed by atoms with E-state index in [1.807, 2.05) is 0 Å². The first-order valence-corrected chi connectivity index (χ1v) is 5.98. The summed E-state index contributed by atoms with van der Waals surface area (Å²) < 4.78 is 0. The molecule has 0 amide bonds. The van der Waals surface area contributed by atoms with E-state index in [0.29, 0.717) is 6.04 Å². The van der Waals surface area contributed by atoms with Crippen LogP contribution in [0.5, 0.6) is 0 Å². The second-order valence-corrected chi connectivity index (χ2v) is 5.29. The minimum absolute atomic E-state index is 0.293. The minimum atomic E-state index is 0.293. The van der Waals surface area contributed by atoms with Gasteiger partial charge in [-0.15, -0.1) is 0 Å². The maximum atomic E-state index is 5.85. The Morgan fingerprint density at radius 3 is 2.21 bits per heavy atom. The molecule has 0 aromatic rings. The molecule has 0 bridgehead atoms. The molecule has 14 heavy (non-hydrogen) atoms. The van der Waals surface area contributed by atoms with Gasteiger partial charge in [-0.25, -0.2) is 0 Å². The molecule has 3 unspecified atom stereocenters. The standard InChI is InChI=1S/C12H26N2/c1-9-6-5-7-10(2)12(9)14(4)8-11(3)13/h9-12H,5-8,13H2,1-4H3. The van der Waals surface area contributed by atoms with E-state index in [-0.39, 0.29) is 0 Å². The predicted octanol–water partition coefficient (Wildman–Crippen LogP) is 2.09. The lowest BCUT2D eigenvalue weighted by Crippen LogP contribution is -2.47. The van der Waals surface area contributed by atoms with Gasteiger partial charge in [-0.2, -0.15) is 0 Å². The molecule has 1 fully saturated rings. The van der Waals surface area contributed by atoms with Gasteiger partial charge < -0.3 is 10.6 Å². The molecule has 2 heteroatoms. The number of hydrogen-bond donors (Lipinski definition) is 1. The largest absolute Gasteiger partial charge is 0.327 e. The van der Waals surface area contributed by atoms with Gasteiger partial charge in [-0.3, -0.25) is 0 Å². The van der Waals surface area contributed by atoms with Gasteiger partial charge in [0.05, 0.1) is 0 Å². The summed E-state index contributed by atoms with van der Waals surface area (Å²) >= 11 is 0. The van der Waals surface area contributed by atoms with Crippen molar-refractivity contribution in [1.29, 1.82) is 0 Å². The highest BCUT2D eigenvalue weighted by Gasteiger charge is 2.30. The van der Waals surface area contributed by atoms with Gasteiger partial charge in [-0.05, 0) is 38.6 Å². The van der Waals surface area contributed by atoms with Crippen molar-refractivity contribution < 1.29 is 0 Å². The van der Waals surface area contributed by atoms with Crippen LogP contribution in [0.3, 0.4) is 0 Å². The third kappa shape index (κ3) is 2.96. The first-order valence-electron chi connectivity index (χ1n) is 5.98. The van der Waals surface area contributed by atoms with Gasteiger partial charge >= 0.3 is 0 Å². The van der Waals surface area contributed by atoms with Crippen molar-refractivity contribution in [1.82, 2.24) is 4.90 Å². The lowest BCUT2D eigenvalue weighted by molar-refractivity contribution is 0.0880. The average Bonchev–Trinajstić information content (AvgIpc) is 2.01. The van der Waals surface area contributed by atoms with E-state index in [9.17, 15) is 0 Å². The fourth-order valence-corrected chi connectivity index (χ4v) is 3.11. The monoisotopic (exact) mass is 198 g/mol. The van der Waals surface area contributed by atoms with Crippen molar-refractivity contribution in [2.75, 3.05) is 13.6 Å². The third-order valence-corrected chi connectivity index (χ3v) is 3.57. The fraction of sp³-hybridized carbons (Fsp3) is 1.00. The molecule has 0 spiro atoms. The van der Waals surface area contributed by atoms with E-state index in [4.69, 9.17) is 5.73 Å². The summed E-state index contributed by atoms with van der Waals surface area (Å²) in [7, 11) is 2.23. The zero-order valence-corrected chi connectivity index (χ0v) is 10.2. The van der Waals surface area contributed by atoms with Gasteiger partial charge in [0.25, 0.3) is 0 Å². The zero-order chi connectivity index (χ0) is 10.7. The van der Waals surface area contributed by atoms with Gasteiger partial charge in [0, 0.05) is 18.6 Å². The molecule has 2 nitrogen and oxygen atoms in total. The van der Waals surface area contributed by atoms with Crippen molar-refractivity contribution in [3.8, 4) is 0 Å². The van der Waals surface area contributed by atoms with Gasteiger partial charge in [0.15, 0.2) is 0 Å². The molecule has 3 atom stereocenters. The molecule has 1 aliphatic rings. The van der Waals surface area contributed by atoms with Crippen molar-refractivity contribution in [2.24, 2.45) is 17.6 Å². The van der Waals surface area contributed by atoms with Crippen molar-refractivity contribution in [2.45, 2.75) is 52.1 Å². The van der Waals surface area contributed by atoms with Gasteiger partial charge in [-0.1, -0.05) is 20.3 Å². The number of rotatable bonds is 3. The second-order valence-electron chi connectivity index (χ2n) is 5.29. The van der Waals surface area contributed by atoms with Crippen LogP contribution in [0.4, 0.5) is 0 Å². The Kier molecular flexibility index (Phi) is 4.39. The second kappa shape index (κ2) is 5.13. The Morgan fingerprint density at radius 2 is 1.79 bits per heavy atom. The molecular formula is C12H26N2. The topological polar surface area (TPSA) is 29.3 Å². The van der Waals surface area contributed by atoms with E-state index in [1.165, 1.54) is 19.3 Å². The molecule has 0 aliphatic heterocycles. The van der Waals surface area contributed by atoms with Crippen molar-refractivity contribution in [3.05, 3.63) is 0 Å². The number of nitrogens with two attached hydrogens (primary N) is 1. The molecule has 0 radical (unpaired) electrons. The predicted molar refractivity (Wildman–Crippen MR) is 62.2 cm³/mol. The molecule has 0 heterocycles. The molecule has 1 rings (SSSR count). The normalized spacial score (nSPS) is 36.0. The number of likely N-dealkylation sites (N-methyl/N-ethyl adjacent to an activating group) is 1. The molecule has 1 aliphatic carbocycles. The highest BCUT2D eigenvalue weighted by atomic mass is 15.1. The molecule has 1 saturated carbocycles. The Balaban J connectivity index is 2.53. The summed E-state index contributed by atoms with van der Waals surface area (Å²) in [5.41, 5.74) is 5.85. The molecule has 84 valence electrons. The van der Waals surface area contributed by atoms with E-state index in [2.05, 4.69) is 32.7 Å². The van der Waals surface area contributed by atoms with E-state index in [0.717, 1.165) is 24.4 Å². The van der Waals surface area contributed by atoms with Crippen LogP contribution in [-0.2, 0) is 0 Å². The van der Waals surface area contributed by atoms with E-state index < -0.39 is 0 Å². The number of hydrogen-bond acceptors (Lipinski definition) is 2. The smallest absolute Gasteiger partial charge is 0.0144 e. The summed E-state index contributed by atoms with van der Waals surface area (Å²) in [6.45, 7) is 7.89. The van der Waals surface area contributed by atoms with Gasteiger partial charge in [0.2, 0.25) is 0 Å². The zero-order valence-electron chi connectivity index (χ0n) is 10.2. The Labute approximate surface area is 88.8 Å². The molecular weight excluding hydrogens is 172 g/mol. The lowest BCUT2D eigenvalue weighted by Gasteiger charge is -2.41. The van der Waals surface area contributed by atoms with Crippen LogP contribution in [0.25, 0.3) is 0 Å². The Bertz CT molecular complexity index is 158. The van der Waals surface area contributed by atoms with Crippen LogP contribution in [0.15, 0.2) is 0 Å². The maximum absolute atomic E-state index is 5.85. The number of nitrogens with zero attached hydrogens (tertiary/aromatic N) is 1. The summed E-state index contributed by atoms with van der Waals surface area (Å²) in [6.07, 6.45) is 4.18. The van der Waals surface area contributed by atoms with Crippen molar-refractivity contribution in [3.63, 3.8) is 0 Å². The van der Waals surface area contributed by atoms with Crippen molar-refractivity contribution >= 4 is 0 Å². The molecule has 0 aromatic heterocycles. The SMILES string of the molecule is CC(N)CN(C)C1C(C)CCCC1C.